The maximum atomic E-state index is 12.5. The number of amides is 3. The summed E-state index contributed by atoms with van der Waals surface area (Å²) < 4.78 is 0.396. The molecule has 0 saturated carbocycles. The highest BCUT2D eigenvalue weighted by molar-refractivity contribution is 8.16. The van der Waals surface area contributed by atoms with Crippen molar-refractivity contribution < 1.29 is 14.4 Å². The molecular formula is C20H22N2O3S2. The number of hydrogen-bond donors (Lipinski definition) is 1. The van der Waals surface area contributed by atoms with Gasteiger partial charge in [-0.25, -0.2) is 0 Å². The summed E-state index contributed by atoms with van der Waals surface area (Å²) in [6.07, 6.45) is 6.31. The number of fused-ring (bicyclic) bond motifs is 1. The molecule has 1 aliphatic carbocycles. The molecule has 3 aliphatic rings. The Bertz CT molecular complexity index is 763. The first-order valence-electron chi connectivity index (χ1n) is 9.27. The number of nitrogens with zero attached hydrogens (tertiary/aromatic N) is 1. The SMILES string of the molecule is O=C(CN1C(=O)C2CC=CCC2C1=O)Nc1cccc(C2SCCCS2)c1. The van der Waals surface area contributed by atoms with Crippen molar-refractivity contribution in [2.45, 2.75) is 23.8 Å². The van der Waals surface area contributed by atoms with Gasteiger partial charge in [-0.1, -0.05) is 24.3 Å². The number of nitrogens with one attached hydrogen (secondary N) is 1. The summed E-state index contributed by atoms with van der Waals surface area (Å²) in [6.45, 7) is -0.207. The second-order valence-electron chi connectivity index (χ2n) is 7.02. The van der Waals surface area contributed by atoms with E-state index in [1.165, 1.54) is 12.0 Å². The van der Waals surface area contributed by atoms with Gasteiger partial charge in [-0.15, -0.1) is 23.5 Å². The second kappa shape index (κ2) is 8.10. The fraction of sp³-hybridized carbons (Fsp3) is 0.450. The molecule has 142 valence electrons. The lowest BCUT2D eigenvalue weighted by molar-refractivity contribution is -0.142. The fourth-order valence-corrected chi connectivity index (χ4v) is 6.69. The van der Waals surface area contributed by atoms with Gasteiger partial charge in [-0.3, -0.25) is 19.3 Å². The number of thioether (sulfide) groups is 2. The third-order valence-electron chi connectivity index (χ3n) is 5.17. The summed E-state index contributed by atoms with van der Waals surface area (Å²) in [5.41, 5.74) is 1.90. The van der Waals surface area contributed by atoms with Crippen molar-refractivity contribution in [2.75, 3.05) is 23.4 Å². The quantitative estimate of drug-likeness (QED) is 0.617. The first-order chi connectivity index (χ1) is 13.1. The Morgan fingerprint density at radius 2 is 1.74 bits per heavy atom. The minimum absolute atomic E-state index is 0.207. The van der Waals surface area contributed by atoms with Crippen LogP contribution in [0.25, 0.3) is 0 Å². The van der Waals surface area contributed by atoms with Gasteiger partial charge < -0.3 is 5.32 Å². The number of likely N-dealkylation sites (tertiary alicyclic amines) is 1. The van der Waals surface area contributed by atoms with Crippen LogP contribution in [0.4, 0.5) is 5.69 Å². The standard InChI is InChI=1S/C20H22N2O3S2/c23-17(12-22-18(24)15-7-1-2-8-16(15)19(22)25)21-14-6-3-5-13(11-14)20-26-9-4-10-27-20/h1-3,5-6,11,15-16,20H,4,7-10,12H2,(H,21,23). The van der Waals surface area contributed by atoms with Gasteiger partial charge in [-0.2, -0.15) is 0 Å². The van der Waals surface area contributed by atoms with Gasteiger partial charge in [0.1, 0.15) is 6.54 Å². The van der Waals surface area contributed by atoms with Gasteiger partial charge >= 0.3 is 0 Å². The van der Waals surface area contributed by atoms with Crippen LogP contribution in [-0.4, -0.2) is 40.7 Å². The normalized spacial score (nSPS) is 25.6. The predicted octanol–water partition coefficient (Wildman–Crippen LogP) is 3.45. The molecule has 2 heterocycles. The average Bonchev–Trinajstić information content (AvgIpc) is 2.94. The van der Waals surface area contributed by atoms with Gasteiger partial charge in [0.2, 0.25) is 17.7 Å². The number of carbonyl (C=O) groups excluding carboxylic acids is 3. The number of benzene rings is 1. The van der Waals surface area contributed by atoms with E-state index >= 15 is 0 Å². The molecule has 2 aliphatic heterocycles. The van der Waals surface area contributed by atoms with E-state index in [-0.39, 0.29) is 36.1 Å². The van der Waals surface area contributed by atoms with Gasteiger partial charge in [0.25, 0.3) is 0 Å². The number of anilines is 1. The number of carbonyl (C=O) groups is 3. The van der Waals surface area contributed by atoms with E-state index in [9.17, 15) is 14.4 Å². The predicted molar refractivity (Wildman–Crippen MR) is 109 cm³/mol. The minimum Gasteiger partial charge on any atom is -0.325 e. The van der Waals surface area contributed by atoms with Crippen LogP contribution in [0.15, 0.2) is 36.4 Å². The smallest absolute Gasteiger partial charge is 0.244 e. The van der Waals surface area contributed by atoms with Gasteiger partial charge in [-0.05, 0) is 48.5 Å². The molecular weight excluding hydrogens is 380 g/mol. The Balaban J connectivity index is 1.40. The Hall–Kier alpha value is -1.73. The number of rotatable bonds is 4. The van der Waals surface area contributed by atoms with E-state index in [2.05, 4.69) is 11.4 Å². The summed E-state index contributed by atoms with van der Waals surface area (Å²) in [6, 6.07) is 7.85. The molecule has 1 N–H and O–H groups in total. The van der Waals surface area contributed by atoms with Crippen LogP contribution >= 0.6 is 23.5 Å². The Labute approximate surface area is 167 Å². The Kier molecular flexibility index (Phi) is 5.59. The molecule has 2 saturated heterocycles. The molecule has 7 heteroatoms. The summed E-state index contributed by atoms with van der Waals surface area (Å²) in [7, 11) is 0. The van der Waals surface area contributed by atoms with Crippen LogP contribution in [0.1, 0.15) is 29.4 Å². The first-order valence-corrected chi connectivity index (χ1v) is 11.4. The lowest BCUT2D eigenvalue weighted by atomic mass is 9.85. The van der Waals surface area contributed by atoms with Gasteiger partial charge in [0, 0.05) is 5.69 Å². The van der Waals surface area contributed by atoms with Gasteiger partial charge in [0.15, 0.2) is 0 Å². The van der Waals surface area contributed by atoms with Crippen molar-refractivity contribution >= 4 is 46.9 Å². The van der Waals surface area contributed by atoms with Crippen molar-refractivity contribution in [3.05, 3.63) is 42.0 Å². The van der Waals surface area contributed by atoms with Crippen LogP contribution in [0.2, 0.25) is 0 Å². The molecule has 3 amide bonds. The fourth-order valence-electron chi connectivity index (χ4n) is 3.81. The second-order valence-corrected chi connectivity index (χ2v) is 9.74. The molecule has 0 bridgehead atoms. The molecule has 2 fully saturated rings. The number of hydrogen-bond acceptors (Lipinski definition) is 5. The number of allylic oxidation sites excluding steroid dienone is 2. The van der Waals surface area contributed by atoms with Crippen molar-refractivity contribution in [2.24, 2.45) is 11.8 Å². The third-order valence-corrected chi connectivity index (χ3v) is 8.19. The van der Waals surface area contributed by atoms with Crippen LogP contribution < -0.4 is 5.32 Å². The van der Waals surface area contributed by atoms with Crippen LogP contribution in [-0.2, 0) is 14.4 Å². The molecule has 0 radical (unpaired) electrons. The van der Waals surface area contributed by atoms with Crippen LogP contribution in [0.3, 0.4) is 0 Å². The summed E-state index contributed by atoms with van der Waals surface area (Å²) >= 11 is 3.86. The highest BCUT2D eigenvalue weighted by Crippen LogP contribution is 2.44. The molecule has 5 nitrogen and oxygen atoms in total. The Morgan fingerprint density at radius 1 is 1.07 bits per heavy atom. The zero-order chi connectivity index (χ0) is 18.8. The molecule has 1 aromatic rings. The zero-order valence-corrected chi connectivity index (χ0v) is 16.6. The molecule has 1 aromatic carbocycles. The largest absolute Gasteiger partial charge is 0.325 e. The zero-order valence-electron chi connectivity index (χ0n) is 14.9. The Morgan fingerprint density at radius 3 is 2.41 bits per heavy atom. The van der Waals surface area contributed by atoms with Crippen molar-refractivity contribution in [3.8, 4) is 0 Å². The van der Waals surface area contributed by atoms with Crippen molar-refractivity contribution in [1.82, 2.24) is 4.90 Å². The summed E-state index contributed by atoms with van der Waals surface area (Å²) in [5, 5.41) is 2.85. The van der Waals surface area contributed by atoms with Gasteiger partial charge in [0.05, 0.1) is 16.4 Å². The molecule has 4 rings (SSSR count). The highest BCUT2D eigenvalue weighted by Gasteiger charge is 2.47. The molecule has 0 spiro atoms. The van der Waals surface area contributed by atoms with E-state index < -0.39 is 0 Å². The summed E-state index contributed by atoms with van der Waals surface area (Å²) in [4.78, 5) is 38.6. The molecule has 27 heavy (non-hydrogen) atoms. The molecule has 2 atom stereocenters. The molecule has 0 aromatic heterocycles. The van der Waals surface area contributed by atoms with E-state index in [0.717, 1.165) is 16.4 Å². The van der Waals surface area contributed by atoms with Crippen molar-refractivity contribution in [1.29, 1.82) is 0 Å². The maximum Gasteiger partial charge on any atom is 0.244 e. The first kappa shape index (κ1) is 18.6. The van der Waals surface area contributed by atoms with E-state index in [4.69, 9.17) is 0 Å². The van der Waals surface area contributed by atoms with Crippen LogP contribution in [0, 0.1) is 11.8 Å². The van der Waals surface area contributed by atoms with E-state index in [1.54, 1.807) is 0 Å². The topological polar surface area (TPSA) is 66.5 Å². The summed E-state index contributed by atoms with van der Waals surface area (Å²) in [5.74, 6) is 0.971. The number of imide groups is 1. The minimum atomic E-state index is -0.329. The monoisotopic (exact) mass is 402 g/mol. The third kappa shape index (κ3) is 3.94. The average molecular weight is 403 g/mol. The van der Waals surface area contributed by atoms with Crippen LogP contribution in [0.5, 0.6) is 0 Å². The maximum absolute atomic E-state index is 12.5. The van der Waals surface area contributed by atoms with E-state index in [1.807, 2.05) is 53.9 Å². The van der Waals surface area contributed by atoms with Crippen molar-refractivity contribution in [3.63, 3.8) is 0 Å². The lowest BCUT2D eigenvalue weighted by Gasteiger charge is -2.21. The lowest BCUT2D eigenvalue weighted by Crippen LogP contribution is -2.38. The van der Waals surface area contributed by atoms with E-state index in [0.29, 0.717) is 23.1 Å². The highest BCUT2D eigenvalue weighted by atomic mass is 32.2. The molecule has 2 unspecified atom stereocenters.